The quantitative estimate of drug-likeness (QED) is 0.864. The monoisotopic (exact) mass is 317 g/mol. The maximum absolute atomic E-state index is 12.4. The van der Waals surface area contributed by atoms with Crippen molar-refractivity contribution < 1.29 is 27.5 Å². The molecule has 0 amide bonds. The first-order valence-electron chi connectivity index (χ1n) is 5.76. The Morgan fingerprint density at radius 2 is 2.14 bits per heavy atom. The number of rotatable bonds is 4. The normalized spacial score (nSPS) is 11.6. The van der Waals surface area contributed by atoms with E-state index in [1.165, 1.54) is 23.9 Å². The third-order valence-electron chi connectivity index (χ3n) is 2.67. The number of carbonyl (C=O) groups is 1. The molecule has 0 aliphatic rings. The average molecular weight is 317 g/mol. The molecule has 0 radical (unpaired) electrons. The van der Waals surface area contributed by atoms with Crippen LogP contribution in [-0.4, -0.2) is 16.1 Å². The van der Waals surface area contributed by atoms with E-state index in [-0.39, 0.29) is 5.76 Å². The highest BCUT2D eigenvalue weighted by Crippen LogP contribution is 2.30. The van der Waals surface area contributed by atoms with Crippen LogP contribution in [0.25, 0.3) is 0 Å². The molecule has 2 heterocycles. The largest absolute Gasteiger partial charge is 0.475 e. The van der Waals surface area contributed by atoms with Crippen molar-refractivity contribution >= 4 is 17.7 Å². The SMILES string of the molecule is Cc1oc(C(=O)O)cc1CSc1ccc(C(F)(F)F)cn1. The molecule has 0 aromatic carbocycles. The summed E-state index contributed by atoms with van der Waals surface area (Å²) in [6.45, 7) is 1.63. The molecule has 1 N–H and O–H groups in total. The van der Waals surface area contributed by atoms with Gasteiger partial charge in [0.1, 0.15) is 5.76 Å². The molecule has 0 fully saturated rings. The molecule has 0 aliphatic heterocycles. The molecule has 21 heavy (non-hydrogen) atoms. The second-order valence-corrected chi connectivity index (χ2v) is 5.16. The molecule has 0 saturated carbocycles. The maximum atomic E-state index is 12.4. The van der Waals surface area contributed by atoms with E-state index in [1.54, 1.807) is 6.92 Å². The van der Waals surface area contributed by atoms with Gasteiger partial charge in [-0.2, -0.15) is 13.2 Å². The maximum Gasteiger partial charge on any atom is 0.417 e. The fourth-order valence-corrected chi connectivity index (χ4v) is 2.44. The Balaban J connectivity index is 2.05. The third kappa shape index (κ3) is 3.78. The van der Waals surface area contributed by atoms with Crippen LogP contribution in [0, 0.1) is 6.92 Å². The molecule has 0 bridgehead atoms. The van der Waals surface area contributed by atoms with Gasteiger partial charge in [0.15, 0.2) is 0 Å². The van der Waals surface area contributed by atoms with E-state index in [2.05, 4.69) is 4.98 Å². The zero-order valence-corrected chi connectivity index (χ0v) is 11.6. The summed E-state index contributed by atoms with van der Waals surface area (Å²) in [7, 11) is 0. The van der Waals surface area contributed by atoms with Crippen molar-refractivity contribution in [2.75, 3.05) is 0 Å². The van der Waals surface area contributed by atoms with E-state index >= 15 is 0 Å². The van der Waals surface area contributed by atoms with Crippen molar-refractivity contribution in [3.8, 4) is 0 Å². The first kappa shape index (κ1) is 15.4. The highest BCUT2D eigenvalue weighted by atomic mass is 32.2. The van der Waals surface area contributed by atoms with E-state index in [4.69, 9.17) is 9.52 Å². The predicted molar refractivity (Wildman–Crippen MR) is 69.2 cm³/mol. The molecule has 2 aromatic heterocycles. The topological polar surface area (TPSA) is 63.3 Å². The smallest absolute Gasteiger partial charge is 0.417 e. The van der Waals surface area contributed by atoms with Crippen LogP contribution >= 0.6 is 11.8 Å². The second kappa shape index (κ2) is 5.80. The lowest BCUT2D eigenvalue weighted by atomic mass is 10.3. The van der Waals surface area contributed by atoms with Gasteiger partial charge in [-0.15, -0.1) is 11.8 Å². The Bertz CT molecular complexity index is 650. The van der Waals surface area contributed by atoms with Gasteiger partial charge in [0.2, 0.25) is 5.76 Å². The highest BCUT2D eigenvalue weighted by molar-refractivity contribution is 7.98. The Hall–Kier alpha value is -1.96. The molecule has 112 valence electrons. The van der Waals surface area contributed by atoms with Crippen molar-refractivity contribution in [3.05, 3.63) is 47.0 Å². The van der Waals surface area contributed by atoms with E-state index in [1.807, 2.05) is 0 Å². The van der Waals surface area contributed by atoms with Crippen LogP contribution in [0.2, 0.25) is 0 Å². The summed E-state index contributed by atoms with van der Waals surface area (Å²) in [6, 6.07) is 3.63. The summed E-state index contributed by atoms with van der Waals surface area (Å²) in [5.74, 6) is -0.502. The highest BCUT2D eigenvalue weighted by Gasteiger charge is 2.30. The number of carboxylic acid groups (broad SMARTS) is 1. The van der Waals surface area contributed by atoms with Gasteiger partial charge in [0, 0.05) is 17.5 Å². The number of aryl methyl sites for hydroxylation is 1. The lowest BCUT2D eigenvalue weighted by Gasteiger charge is -2.06. The van der Waals surface area contributed by atoms with Gasteiger partial charge in [-0.25, -0.2) is 9.78 Å². The van der Waals surface area contributed by atoms with Crippen LogP contribution in [0.15, 0.2) is 33.8 Å². The first-order valence-corrected chi connectivity index (χ1v) is 6.74. The number of aromatic nitrogens is 1. The molecule has 4 nitrogen and oxygen atoms in total. The molecular formula is C13H10F3NO3S. The Labute approximate surface area is 122 Å². The van der Waals surface area contributed by atoms with Crippen LogP contribution in [0.4, 0.5) is 13.2 Å². The standard InChI is InChI=1S/C13H10F3NO3S/c1-7-8(4-10(20-7)12(18)19)6-21-11-3-2-9(5-17-11)13(14,15)16/h2-5H,6H2,1H3,(H,18,19). The van der Waals surface area contributed by atoms with Crippen molar-refractivity contribution in [2.24, 2.45) is 0 Å². The summed E-state index contributed by atoms with van der Waals surface area (Å²) in [5, 5.41) is 9.21. The van der Waals surface area contributed by atoms with Crippen molar-refractivity contribution in [2.45, 2.75) is 23.9 Å². The van der Waals surface area contributed by atoms with Gasteiger partial charge in [0.05, 0.1) is 10.6 Å². The van der Waals surface area contributed by atoms with Gasteiger partial charge in [-0.05, 0) is 25.1 Å². The minimum Gasteiger partial charge on any atom is -0.475 e. The number of pyridine rings is 1. The zero-order valence-electron chi connectivity index (χ0n) is 10.8. The lowest BCUT2D eigenvalue weighted by molar-refractivity contribution is -0.137. The van der Waals surface area contributed by atoms with E-state index < -0.39 is 17.7 Å². The zero-order chi connectivity index (χ0) is 15.6. The summed E-state index contributed by atoms with van der Waals surface area (Å²) in [5.41, 5.74) is -0.140. The number of hydrogen-bond acceptors (Lipinski definition) is 4. The summed E-state index contributed by atoms with van der Waals surface area (Å²) in [4.78, 5) is 14.5. The summed E-state index contributed by atoms with van der Waals surface area (Å²) in [6.07, 6.45) is -3.64. The number of furan rings is 1. The van der Waals surface area contributed by atoms with Crippen LogP contribution < -0.4 is 0 Å². The predicted octanol–water partition coefficient (Wildman–Crippen LogP) is 3.99. The van der Waals surface area contributed by atoms with Gasteiger partial charge in [0.25, 0.3) is 0 Å². The van der Waals surface area contributed by atoms with Crippen molar-refractivity contribution in [1.29, 1.82) is 0 Å². The second-order valence-electron chi connectivity index (χ2n) is 4.17. The molecule has 2 aromatic rings. The van der Waals surface area contributed by atoms with E-state index in [9.17, 15) is 18.0 Å². The Morgan fingerprint density at radius 3 is 2.62 bits per heavy atom. The van der Waals surface area contributed by atoms with Gasteiger partial charge in [-0.1, -0.05) is 0 Å². The fourth-order valence-electron chi connectivity index (χ4n) is 1.55. The van der Waals surface area contributed by atoms with Crippen LogP contribution in [-0.2, 0) is 11.9 Å². The molecule has 0 spiro atoms. The van der Waals surface area contributed by atoms with Crippen LogP contribution in [0.3, 0.4) is 0 Å². The molecule has 8 heteroatoms. The number of nitrogens with zero attached hydrogens (tertiary/aromatic N) is 1. The molecule has 2 rings (SSSR count). The van der Waals surface area contributed by atoms with Crippen LogP contribution in [0.5, 0.6) is 0 Å². The van der Waals surface area contributed by atoms with Gasteiger partial charge >= 0.3 is 12.1 Å². The van der Waals surface area contributed by atoms with Gasteiger partial charge < -0.3 is 9.52 Å². The number of thioether (sulfide) groups is 1. The van der Waals surface area contributed by atoms with Crippen molar-refractivity contribution in [1.82, 2.24) is 4.98 Å². The molecule has 0 unspecified atom stereocenters. The molecular weight excluding hydrogens is 307 g/mol. The Morgan fingerprint density at radius 1 is 1.43 bits per heavy atom. The number of halogens is 3. The third-order valence-corrected chi connectivity index (χ3v) is 3.66. The van der Waals surface area contributed by atoms with Crippen molar-refractivity contribution in [3.63, 3.8) is 0 Å². The van der Waals surface area contributed by atoms with Gasteiger partial charge in [-0.3, -0.25) is 0 Å². The number of carboxylic acids is 1. The lowest BCUT2D eigenvalue weighted by Crippen LogP contribution is -2.05. The number of alkyl halides is 3. The van der Waals surface area contributed by atoms with E-state index in [0.717, 1.165) is 12.3 Å². The summed E-state index contributed by atoms with van der Waals surface area (Å²) < 4.78 is 42.2. The first-order chi connectivity index (χ1) is 9.77. The van der Waals surface area contributed by atoms with E-state index in [0.29, 0.717) is 22.1 Å². The Kier molecular flexibility index (Phi) is 4.26. The van der Waals surface area contributed by atoms with Crippen LogP contribution in [0.1, 0.15) is 27.4 Å². The molecule has 0 atom stereocenters. The molecule has 0 aliphatic carbocycles. The number of hydrogen-bond donors (Lipinski definition) is 1. The molecule has 0 saturated heterocycles. The minimum atomic E-state index is -4.41. The minimum absolute atomic E-state index is 0.163. The fraction of sp³-hybridized carbons (Fsp3) is 0.231. The average Bonchev–Trinajstić information content (AvgIpc) is 2.77. The number of aromatic carboxylic acids is 1. The summed E-state index contributed by atoms with van der Waals surface area (Å²) >= 11 is 1.20.